The maximum atomic E-state index is 12.6. The minimum atomic E-state index is -2.05. The second-order valence-electron chi connectivity index (χ2n) is 7.03. The van der Waals surface area contributed by atoms with Crippen LogP contribution in [0.4, 0.5) is 0 Å². The predicted molar refractivity (Wildman–Crippen MR) is 88.5 cm³/mol. The van der Waals surface area contributed by atoms with E-state index in [0.29, 0.717) is 5.57 Å². The molecule has 3 aliphatic rings. The van der Waals surface area contributed by atoms with E-state index >= 15 is 0 Å². The summed E-state index contributed by atoms with van der Waals surface area (Å²) < 4.78 is 11.1. The van der Waals surface area contributed by atoms with Crippen molar-refractivity contribution in [3.8, 4) is 0 Å². The molecule has 0 aromatic carbocycles. The molecule has 0 radical (unpaired) electrons. The number of carbonyl (C=O) groups is 2. The molecule has 3 aliphatic heterocycles. The summed E-state index contributed by atoms with van der Waals surface area (Å²) in [5, 5.41) is 20.2. The number of esters is 2. The molecule has 0 saturated carbocycles. The highest BCUT2D eigenvalue weighted by Crippen LogP contribution is 2.34. The monoisotopic (exact) mass is 351 g/mol. The van der Waals surface area contributed by atoms with E-state index in [2.05, 4.69) is 4.90 Å². The molecule has 2 fully saturated rings. The van der Waals surface area contributed by atoms with Gasteiger partial charge in [0.2, 0.25) is 0 Å². The molecule has 2 saturated heterocycles. The van der Waals surface area contributed by atoms with Gasteiger partial charge in [-0.15, -0.1) is 0 Å². The minimum Gasteiger partial charge on any atom is -0.459 e. The second-order valence-corrected chi connectivity index (χ2v) is 7.03. The van der Waals surface area contributed by atoms with Crippen molar-refractivity contribution in [2.45, 2.75) is 44.4 Å². The molecule has 1 unspecified atom stereocenters. The number of nitrogens with zero attached hydrogens (tertiary/aromatic N) is 1. The van der Waals surface area contributed by atoms with Gasteiger partial charge in [-0.25, -0.2) is 9.59 Å². The van der Waals surface area contributed by atoms with E-state index in [0.717, 1.165) is 25.1 Å². The molecule has 3 heterocycles. The average Bonchev–Trinajstić information content (AvgIpc) is 3.18. The first-order chi connectivity index (χ1) is 11.9. The van der Waals surface area contributed by atoms with Crippen molar-refractivity contribution >= 4 is 11.9 Å². The molecule has 2 N–H and O–H groups in total. The summed E-state index contributed by atoms with van der Waals surface area (Å²) in [6.07, 6.45) is 4.20. The van der Waals surface area contributed by atoms with Gasteiger partial charge in [0.25, 0.3) is 0 Å². The number of cyclic esters (lactones) is 1. The van der Waals surface area contributed by atoms with Crippen LogP contribution in [0.1, 0.15) is 26.7 Å². The fraction of sp³-hybridized carbons (Fsp3) is 0.667. The van der Waals surface area contributed by atoms with Crippen molar-refractivity contribution in [2.75, 3.05) is 26.3 Å². The van der Waals surface area contributed by atoms with Gasteiger partial charge < -0.3 is 19.7 Å². The smallest absolute Gasteiger partial charge is 0.341 e. The highest BCUT2D eigenvalue weighted by atomic mass is 16.6. The van der Waals surface area contributed by atoms with Gasteiger partial charge in [0.1, 0.15) is 12.7 Å². The van der Waals surface area contributed by atoms with Crippen LogP contribution in [0.2, 0.25) is 0 Å². The Balaban J connectivity index is 1.93. The van der Waals surface area contributed by atoms with Crippen molar-refractivity contribution in [1.29, 1.82) is 0 Å². The zero-order chi connectivity index (χ0) is 18.2. The lowest BCUT2D eigenvalue weighted by atomic mass is 9.84. The van der Waals surface area contributed by atoms with Crippen molar-refractivity contribution < 1.29 is 29.3 Å². The van der Waals surface area contributed by atoms with E-state index in [9.17, 15) is 19.8 Å². The second kappa shape index (κ2) is 6.90. The Morgan fingerprint density at radius 3 is 2.88 bits per heavy atom. The normalized spacial score (nSPS) is 38.5. The Labute approximate surface area is 146 Å². The highest BCUT2D eigenvalue weighted by molar-refractivity contribution is 5.89. The third-order valence-electron chi connectivity index (χ3n) is 5.59. The fourth-order valence-electron chi connectivity index (χ4n) is 3.85. The summed E-state index contributed by atoms with van der Waals surface area (Å²) in [6.45, 7) is 4.12. The summed E-state index contributed by atoms with van der Waals surface area (Å²) in [6, 6.07) is -0.0890. The van der Waals surface area contributed by atoms with E-state index < -0.39 is 30.1 Å². The van der Waals surface area contributed by atoms with Gasteiger partial charge in [-0.3, -0.25) is 4.90 Å². The van der Waals surface area contributed by atoms with Crippen LogP contribution in [0.5, 0.6) is 0 Å². The maximum Gasteiger partial charge on any atom is 0.341 e. The number of hydrogen-bond donors (Lipinski definition) is 2. The van der Waals surface area contributed by atoms with Crippen molar-refractivity contribution in [3.05, 3.63) is 23.3 Å². The number of ether oxygens (including phenoxy) is 2. The maximum absolute atomic E-state index is 12.6. The Morgan fingerprint density at radius 2 is 2.20 bits per heavy atom. The van der Waals surface area contributed by atoms with Crippen LogP contribution in [-0.2, 0) is 19.1 Å². The molecule has 0 aliphatic carbocycles. The van der Waals surface area contributed by atoms with E-state index in [-0.39, 0.29) is 25.2 Å². The molecule has 7 nitrogen and oxygen atoms in total. The molecule has 0 amide bonds. The molecule has 7 heteroatoms. The van der Waals surface area contributed by atoms with E-state index in [1.54, 1.807) is 19.9 Å². The molecule has 0 aromatic heterocycles. The molecular formula is C18H25NO6. The molecule has 0 spiro atoms. The fourth-order valence-corrected chi connectivity index (χ4v) is 3.85. The van der Waals surface area contributed by atoms with Crippen LogP contribution in [0.25, 0.3) is 0 Å². The van der Waals surface area contributed by atoms with Crippen LogP contribution in [-0.4, -0.2) is 71.1 Å². The number of hydrogen-bond acceptors (Lipinski definition) is 7. The third-order valence-corrected chi connectivity index (χ3v) is 5.59. The van der Waals surface area contributed by atoms with Crippen LogP contribution in [0.15, 0.2) is 23.3 Å². The van der Waals surface area contributed by atoms with Crippen LogP contribution < -0.4 is 0 Å². The zero-order valence-corrected chi connectivity index (χ0v) is 14.6. The summed E-state index contributed by atoms with van der Waals surface area (Å²) >= 11 is 0. The minimum absolute atomic E-state index is 0.0273. The van der Waals surface area contributed by atoms with E-state index in [4.69, 9.17) is 9.47 Å². The van der Waals surface area contributed by atoms with E-state index in [1.165, 1.54) is 0 Å². The highest BCUT2D eigenvalue weighted by Gasteiger charge is 2.46. The summed E-state index contributed by atoms with van der Waals surface area (Å²) in [4.78, 5) is 27.2. The van der Waals surface area contributed by atoms with Gasteiger partial charge in [0.05, 0.1) is 12.6 Å². The van der Waals surface area contributed by atoms with Gasteiger partial charge in [-0.05, 0) is 25.3 Å². The van der Waals surface area contributed by atoms with Gasteiger partial charge in [0, 0.05) is 24.6 Å². The first-order valence-electron chi connectivity index (χ1n) is 8.70. The topological polar surface area (TPSA) is 96.3 Å². The quantitative estimate of drug-likeness (QED) is 0.395. The van der Waals surface area contributed by atoms with Gasteiger partial charge >= 0.3 is 11.9 Å². The van der Waals surface area contributed by atoms with E-state index in [1.807, 2.05) is 6.08 Å². The van der Waals surface area contributed by atoms with Crippen LogP contribution >= 0.6 is 0 Å². The molecule has 3 rings (SSSR count). The molecule has 0 bridgehead atoms. The third kappa shape index (κ3) is 3.12. The number of aliphatic hydroxyl groups is 2. The van der Waals surface area contributed by atoms with Gasteiger partial charge in [0.15, 0.2) is 5.60 Å². The molecule has 4 atom stereocenters. The largest absolute Gasteiger partial charge is 0.459 e. The van der Waals surface area contributed by atoms with Crippen molar-refractivity contribution in [2.24, 2.45) is 5.92 Å². The van der Waals surface area contributed by atoms with Crippen LogP contribution in [0.3, 0.4) is 0 Å². The number of rotatable bonds is 1. The Kier molecular flexibility index (Phi) is 4.99. The zero-order valence-electron chi connectivity index (χ0n) is 14.6. The predicted octanol–water partition coefficient (Wildman–Crippen LogP) is 0.165. The lowest BCUT2D eigenvalue weighted by molar-refractivity contribution is -0.176. The Hall–Kier alpha value is -1.70. The number of allylic oxidation sites excluding steroid dienone is 1. The Bertz CT molecular complexity index is 627. The van der Waals surface area contributed by atoms with Crippen molar-refractivity contribution in [1.82, 2.24) is 4.90 Å². The molecular weight excluding hydrogens is 326 g/mol. The standard InChI is InChI=1S/C18H25NO6/c1-3-12-8-11(2)18(23,10-20)17(22)24-9-13-4-6-19-7-5-14(15(13)19)25-16(12)21/h3-4,11,14-15,20,23H,5-10H2,1-2H3/t11?,14-,15-,18-/m1/s1. The first-order valence-corrected chi connectivity index (χ1v) is 8.70. The van der Waals surface area contributed by atoms with Crippen molar-refractivity contribution in [3.63, 3.8) is 0 Å². The van der Waals surface area contributed by atoms with Gasteiger partial charge in [-0.1, -0.05) is 19.1 Å². The van der Waals surface area contributed by atoms with Gasteiger partial charge in [-0.2, -0.15) is 0 Å². The molecule has 0 aromatic rings. The first kappa shape index (κ1) is 18.1. The average molecular weight is 351 g/mol. The molecule has 25 heavy (non-hydrogen) atoms. The number of aliphatic hydroxyl groups excluding tert-OH is 1. The SMILES string of the molecule is CC=C1CC(C)[C@](O)(CO)C(=O)OCC2=CCN3CC[C@@H](OC1=O)[C@@H]23. The Morgan fingerprint density at radius 1 is 1.44 bits per heavy atom. The van der Waals surface area contributed by atoms with Crippen LogP contribution in [0, 0.1) is 5.92 Å². The number of carbonyl (C=O) groups excluding carboxylic acids is 2. The molecule has 138 valence electrons. The lowest BCUT2D eigenvalue weighted by Gasteiger charge is -2.32. The summed E-state index contributed by atoms with van der Waals surface area (Å²) in [7, 11) is 0. The lowest BCUT2D eigenvalue weighted by Crippen LogP contribution is -2.50. The summed E-state index contributed by atoms with van der Waals surface area (Å²) in [5.41, 5.74) is -0.796. The summed E-state index contributed by atoms with van der Waals surface area (Å²) in [5.74, 6) is -1.99.